The van der Waals surface area contributed by atoms with E-state index in [1.54, 1.807) is 24.2 Å². The quantitative estimate of drug-likeness (QED) is 0.629. The Morgan fingerprint density at radius 3 is 2.56 bits per heavy atom. The average Bonchev–Trinajstić information content (AvgIpc) is 3.13. The normalized spacial score (nSPS) is 17.3. The minimum Gasteiger partial charge on any atom is -0.253 e. The number of fused-ring (bicyclic) bond motifs is 1. The van der Waals surface area contributed by atoms with Crippen molar-refractivity contribution in [1.82, 2.24) is 14.4 Å². The molecular weight excluding hydrogens is 380 g/mol. The molecule has 1 unspecified atom stereocenters. The third-order valence-electron chi connectivity index (χ3n) is 4.51. The van der Waals surface area contributed by atoms with Gasteiger partial charge in [0.15, 0.2) is 0 Å². The number of hydrogen-bond acceptors (Lipinski definition) is 6. The van der Waals surface area contributed by atoms with Crippen molar-refractivity contribution in [3.8, 4) is 0 Å². The van der Waals surface area contributed by atoms with Gasteiger partial charge >= 0.3 is 0 Å². The Morgan fingerprint density at radius 2 is 1.81 bits per heavy atom. The molecule has 0 bridgehead atoms. The lowest BCUT2D eigenvalue weighted by molar-refractivity contribution is 0.375. The molecule has 0 spiro atoms. The Hall–Kier alpha value is -2.45. The SMILES string of the molecule is CSc1ccccc1C1=NN(S(C)(=O)=O)C(c2ccc3nccnc3c2)C1. The maximum atomic E-state index is 12.4. The second-order valence-electron chi connectivity index (χ2n) is 6.31. The van der Waals surface area contributed by atoms with Crippen LogP contribution in [0.2, 0.25) is 0 Å². The molecule has 0 amide bonds. The number of hydrogen-bond donors (Lipinski definition) is 0. The van der Waals surface area contributed by atoms with Gasteiger partial charge in [-0.3, -0.25) is 9.97 Å². The fraction of sp³-hybridized carbons (Fsp3) is 0.211. The number of thioether (sulfide) groups is 1. The minimum absolute atomic E-state index is 0.392. The van der Waals surface area contributed by atoms with Gasteiger partial charge in [-0.05, 0) is 30.0 Å². The second kappa shape index (κ2) is 6.94. The van der Waals surface area contributed by atoms with Crippen molar-refractivity contribution in [2.45, 2.75) is 17.4 Å². The lowest BCUT2D eigenvalue weighted by atomic mass is 9.98. The van der Waals surface area contributed by atoms with Crippen molar-refractivity contribution < 1.29 is 8.42 Å². The molecule has 1 aliphatic rings. The Kier molecular flexibility index (Phi) is 4.61. The van der Waals surface area contributed by atoms with E-state index in [0.717, 1.165) is 32.8 Å². The molecule has 0 aliphatic carbocycles. The van der Waals surface area contributed by atoms with E-state index in [1.165, 1.54) is 10.7 Å². The highest BCUT2D eigenvalue weighted by atomic mass is 32.2. The van der Waals surface area contributed by atoms with Gasteiger partial charge in [-0.25, -0.2) is 8.42 Å². The molecule has 2 heterocycles. The third kappa shape index (κ3) is 3.42. The summed E-state index contributed by atoms with van der Waals surface area (Å²) in [5, 5.41) is 4.49. The lowest BCUT2D eigenvalue weighted by Crippen LogP contribution is -2.25. The standard InChI is InChI=1S/C19H18N4O2S2/c1-26-19-6-4-3-5-14(19)16-12-18(23(22-16)27(2,24)25)13-7-8-15-17(11-13)21-10-9-20-15/h3-11,18H,12H2,1-2H3. The summed E-state index contributed by atoms with van der Waals surface area (Å²) >= 11 is 1.62. The van der Waals surface area contributed by atoms with Gasteiger partial charge in [0.25, 0.3) is 0 Å². The molecule has 3 aromatic rings. The number of nitrogens with zero attached hydrogens (tertiary/aromatic N) is 4. The van der Waals surface area contributed by atoms with Crippen LogP contribution in [0, 0.1) is 0 Å². The van der Waals surface area contributed by atoms with Crippen LogP contribution < -0.4 is 0 Å². The number of benzene rings is 2. The lowest BCUT2D eigenvalue weighted by Gasteiger charge is -2.21. The first-order valence-corrected chi connectivity index (χ1v) is 11.5. The van der Waals surface area contributed by atoms with Crippen molar-refractivity contribution in [2.24, 2.45) is 5.10 Å². The van der Waals surface area contributed by atoms with Crippen LogP contribution in [0.3, 0.4) is 0 Å². The molecule has 6 nitrogen and oxygen atoms in total. The summed E-state index contributed by atoms with van der Waals surface area (Å²) in [5.41, 5.74) is 4.12. The molecule has 0 N–H and O–H groups in total. The molecule has 8 heteroatoms. The summed E-state index contributed by atoms with van der Waals surface area (Å²) in [7, 11) is -3.51. The number of sulfonamides is 1. The smallest absolute Gasteiger partial charge is 0.247 e. The molecule has 0 fully saturated rings. The van der Waals surface area contributed by atoms with E-state index in [-0.39, 0.29) is 0 Å². The highest BCUT2D eigenvalue weighted by Gasteiger charge is 2.35. The molecule has 1 aromatic heterocycles. The first-order chi connectivity index (χ1) is 13.0. The first-order valence-electron chi connectivity index (χ1n) is 8.38. The van der Waals surface area contributed by atoms with Gasteiger partial charge in [0, 0.05) is 29.3 Å². The third-order valence-corrected chi connectivity index (χ3v) is 6.32. The molecule has 1 atom stereocenters. The highest BCUT2D eigenvalue weighted by molar-refractivity contribution is 7.98. The number of aromatic nitrogens is 2. The van der Waals surface area contributed by atoms with E-state index in [1.807, 2.05) is 48.7 Å². The molecule has 0 saturated heterocycles. The van der Waals surface area contributed by atoms with Gasteiger partial charge in [-0.1, -0.05) is 24.3 Å². The fourth-order valence-corrected chi connectivity index (χ4v) is 4.80. The van der Waals surface area contributed by atoms with E-state index in [4.69, 9.17) is 0 Å². The topological polar surface area (TPSA) is 75.5 Å². The van der Waals surface area contributed by atoms with Crippen molar-refractivity contribution in [3.63, 3.8) is 0 Å². The predicted molar refractivity (Wildman–Crippen MR) is 108 cm³/mol. The van der Waals surface area contributed by atoms with Gasteiger partial charge in [0.2, 0.25) is 10.0 Å². The van der Waals surface area contributed by atoms with Gasteiger partial charge in [-0.2, -0.15) is 9.52 Å². The average molecular weight is 399 g/mol. The number of rotatable bonds is 4. The molecule has 4 rings (SSSR count). The van der Waals surface area contributed by atoms with Crippen molar-refractivity contribution in [3.05, 3.63) is 66.0 Å². The van der Waals surface area contributed by atoms with Gasteiger partial charge < -0.3 is 0 Å². The minimum atomic E-state index is -3.51. The van der Waals surface area contributed by atoms with Crippen molar-refractivity contribution in [2.75, 3.05) is 12.5 Å². The van der Waals surface area contributed by atoms with Crippen LogP contribution in [0.5, 0.6) is 0 Å². The van der Waals surface area contributed by atoms with Crippen LogP contribution in [-0.2, 0) is 10.0 Å². The fourth-order valence-electron chi connectivity index (χ4n) is 3.28. The summed E-state index contributed by atoms with van der Waals surface area (Å²) in [4.78, 5) is 9.69. The van der Waals surface area contributed by atoms with Crippen LogP contribution in [0.15, 0.2) is 64.9 Å². The summed E-state index contributed by atoms with van der Waals surface area (Å²) in [5.74, 6) is 0. The summed E-state index contributed by atoms with van der Waals surface area (Å²) in [6.07, 6.45) is 6.97. The van der Waals surface area contributed by atoms with E-state index < -0.39 is 16.1 Å². The molecular formula is C19H18N4O2S2. The predicted octanol–water partition coefficient (Wildman–Crippen LogP) is 3.46. The Morgan fingerprint density at radius 1 is 1.07 bits per heavy atom. The molecule has 0 radical (unpaired) electrons. The first kappa shape index (κ1) is 17.9. The molecule has 0 saturated carbocycles. The Balaban J connectivity index is 1.79. The van der Waals surface area contributed by atoms with Gasteiger partial charge in [0.05, 0.1) is 29.0 Å². The molecule has 1 aliphatic heterocycles. The van der Waals surface area contributed by atoms with Crippen molar-refractivity contribution in [1.29, 1.82) is 0 Å². The van der Waals surface area contributed by atoms with Gasteiger partial charge in [-0.15, -0.1) is 11.8 Å². The van der Waals surface area contributed by atoms with E-state index >= 15 is 0 Å². The monoisotopic (exact) mass is 398 g/mol. The summed E-state index contributed by atoms with van der Waals surface area (Å²) in [6, 6.07) is 13.2. The van der Waals surface area contributed by atoms with Crippen molar-refractivity contribution >= 4 is 38.5 Å². The van der Waals surface area contributed by atoms with E-state index in [2.05, 4.69) is 15.1 Å². The summed E-state index contributed by atoms with van der Waals surface area (Å²) in [6.45, 7) is 0. The van der Waals surface area contributed by atoms with Crippen LogP contribution in [0.1, 0.15) is 23.6 Å². The van der Waals surface area contributed by atoms with E-state index in [0.29, 0.717) is 6.42 Å². The van der Waals surface area contributed by atoms with Crippen LogP contribution >= 0.6 is 11.8 Å². The second-order valence-corrected chi connectivity index (χ2v) is 9.00. The molecule has 138 valence electrons. The summed E-state index contributed by atoms with van der Waals surface area (Å²) < 4.78 is 26.0. The maximum Gasteiger partial charge on any atom is 0.247 e. The van der Waals surface area contributed by atoms with Crippen LogP contribution in [0.25, 0.3) is 11.0 Å². The van der Waals surface area contributed by atoms with Crippen LogP contribution in [0.4, 0.5) is 0 Å². The molecule has 2 aromatic carbocycles. The zero-order chi connectivity index (χ0) is 19.0. The Labute approximate surface area is 162 Å². The zero-order valence-electron chi connectivity index (χ0n) is 14.9. The van der Waals surface area contributed by atoms with E-state index in [9.17, 15) is 8.42 Å². The molecule has 27 heavy (non-hydrogen) atoms. The maximum absolute atomic E-state index is 12.4. The van der Waals surface area contributed by atoms with Crippen LogP contribution in [-0.4, -0.2) is 41.0 Å². The number of hydrazone groups is 1. The largest absolute Gasteiger partial charge is 0.253 e. The Bertz CT molecular complexity index is 1150. The zero-order valence-corrected chi connectivity index (χ0v) is 16.5. The highest BCUT2D eigenvalue weighted by Crippen LogP contribution is 2.37. The van der Waals surface area contributed by atoms with Gasteiger partial charge in [0.1, 0.15) is 0 Å².